The molecule has 2 aromatic heterocycles. The van der Waals surface area contributed by atoms with E-state index in [0.29, 0.717) is 17.9 Å². The number of ether oxygens (including phenoxy) is 1. The van der Waals surface area contributed by atoms with Gasteiger partial charge in [-0.25, -0.2) is 4.98 Å². The zero-order valence-electron chi connectivity index (χ0n) is 10.7. The molecule has 2 heterocycles. The maximum atomic E-state index is 12.6. The molecule has 2 N–H and O–H groups in total. The van der Waals surface area contributed by atoms with Gasteiger partial charge in [0.2, 0.25) is 5.88 Å². The minimum atomic E-state index is -4.53. The zero-order chi connectivity index (χ0) is 14.8. The topological polar surface area (TPSA) is 66.0 Å². The lowest BCUT2D eigenvalue weighted by Crippen LogP contribution is -2.10. The van der Waals surface area contributed by atoms with Crippen LogP contribution in [0.2, 0.25) is 0 Å². The molecule has 108 valence electrons. The molecule has 2 aromatic rings. The Morgan fingerprint density at radius 1 is 1.35 bits per heavy atom. The number of rotatable bonds is 4. The molecule has 0 aliphatic heterocycles. The van der Waals surface area contributed by atoms with Crippen LogP contribution in [0.25, 0.3) is 0 Å². The van der Waals surface area contributed by atoms with E-state index >= 15 is 0 Å². The fourth-order valence-corrected chi connectivity index (χ4v) is 1.55. The van der Waals surface area contributed by atoms with Crippen LogP contribution in [0.3, 0.4) is 0 Å². The van der Waals surface area contributed by atoms with Crippen molar-refractivity contribution in [3.05, 3.63) is 35.8 Å². The second-order valence-corrected chi connectivity index (χ2v) is 4.00. The first-order valence-corrected chi connectivity index (χ1v) is 5.91. The average Bonchev–Trinajstić information content (AvgIpc) is 2.85. The first kappa shape index (κ1) is 14.3. The number of hydrogen-bond donors (Lipinski definition) is 1. The van der Waals surface area contributed by atoms with Crippen molar-refractivity contribution in [2.45, 2.75) is 26.2 Å². The Hall–Kier alpha value is -2.09. The molecule has 0 aliphatic carbocycles. The molecule has 0 unspecified atom stereocenters. The fraction of sp³-hybridized carbons (Fsp3) is 0.333. The van der Waals surface area contributed by atoms with Crippen molar-refractivity contribution in [3.63, 3.8) is 0 Å². The van der Waals surface area contributed by atoms with Gasteiger partial charge in [0.1, 0.15) is 5.69 Å². The highest BCUT2D eigenvalue weighted by atomic mass is 19.4. The molecule has 5 nitrogen and oxygen atoms in total. The number of hydrogen-bond acceptors (Lipinski definition) is 4. The maximum absolute atomic E-state index is 12.6. The van der Waals surface area contributed by atoms with E-state index in [0.717, 1.165) is 6.07 Å². The van der Waals surface area contributed by atoms with E-state index in [1.807, 2.05) is 6.92 Å². The van der Waals surface area contributed by atoms with Gasteiger partial charge >= 0.3 is 6.18 Å². The first-order chi connectivity index (χ1) is 9.44. The summed E-state index contributed by atoms with van der Waals surface area (Å²) in [5.74, 6) is 0.159. The zero-order valence-corrected chi connectivity index (χ0v) is 10.7. The third-order valence-electron chi connectivity index (χ3n) is 2.60. The standard InChI is InChI=1S/C12H13F3N4O/c1-2-19-7-9(6-17-19)20-11-8(5-16)3-4-10(18-11)12(13,14)15/h3-4,6-7H,2,5,16H2,1H3. The number of aryl methyl sites for hydroxylation is 1. The molecule has 0 fully saturated rings. The molecule has 0 saturated heterocycles. The normalized spacial score (nSPS) is 11.7. The highest BCUT2D eigenvalue weighted by Gasteiger charge is 2.33. The van der Waals surface area contributed by atoms with E-state index in [1.54, 1.807) is 10.9 Å². The third kappa shape index (κ3) is 3.08. The summed E-state index contributed by atoms with van der Waals surface area (Å²) in [5, 5.41) is 3.97. The number of alkyl halides is 3. The molecular weight excluding hydrogens is 273 g/mol. The van der Waals surface area contributed by atoms with E-state index < -0.39 is 11.9 Å². The van der Waals surface area contributed by atoms with Crippen LogP contribution in [0.5, 0.6) is 11.6 Å². The number of nitrogens with two attached hydrogens (primary N) is 1. The van der Waals surface area contributed by atoms with Gasteiger partial charge < -0.3 is 10.5 Å². The van der Waals surface area contributed by atoms with Crippen LogP contribution in [0.1, 0.15) is 18.2 Å². The molecule has 0 spiro atoms. The molecule has 20 heavy (non-hydrogen) atoms. The Labute approximate surface area is 113 Å². The molecular formula is C12H13F3N4O. The van der Waals surface area contributed by atoms with Gasteiger partial charge in [0.25, 0.3) is 0 Å². The van der Waals surface area contributed by atoms with Crippen LogP contribution in [-0.2, 0) is 19.3 Å². The molecule has 0 aromatic carbocycles. The highest BCUT2D eigenvalue weighted by molar-refractivity contribution is 5.32. The van der Waals surface area contributed by atoms with Crippen molar-refractivity contribution < 1.29 is 17.9 Å². The summed E-state index contributed by atoms with van der Waals surface area (Å²) in [7, 11) is 0. The van der Waals surface area contributed by atoms with Gasteiger partial charge in [-0.15, -0.1) is 0 Å². The van der Waals surface area contributed by atoms with Crippen molar-refractivity contribution >= 4 is 0 Å². The monoisotopic (exact) mass is 286 g/mol. The molecule has 8 heteroatoms. The average molecular weight is 286 g/mol. The highest BCUT2D eigenvalue weighted by Crippen LogP contribution is 2.31. The van der Waals surface area contributed by atoms with Crippen molar-refractivity contribution in [1.82, 2.24) is 14.8 Å². The SMILES string of the molecule is CCn1cc(Oc2nc(C(F)(F)F)ccc2CN)cn1. The summed E-state index contributed by atoms with van der Waals surface area (Å²) in [5.41, 5.74) is 4.84. The van der Waals surface area contributed by atoms with Crippen LogP contribution in [-0.4, -0.2) is 14.8 Å². The first-order valence-electron chi connectivity index (χ1n) is 5.91. The summed E-state index contributed by atoms with van der Waals surface area (Å²) >= 11 is 0. The van der Waals surface area contributed by atoms with E-state index in [-0.39, 0.29) is 12.4 Å². The summed E-state index contributed by atoms with van der Waals surface area (Å²) in [6.07, 6.45) is -1.55. The molecule has 0 saturated carbocycles. The molecule has 0 bridgehead atoms. The Kier molecular flexibility index (Phi) is 3.93. The van der Waals surface area contributed by atoms with Gasteiger partial charge in [-0.1, -0.05) is 6.07 Å². The van der Waals surface area contributed by atoms with Gasteiger partial charge in [-0.3, -0.25) is 4.68 Å². The van der Waals surface area contributed by atoms with E-state index in [9.17, 15) is 13.2 Å². The maximum Gasteiger partial charge on any atom is 0.433 e. The van der Waals surface area contributed by atoms with Gasteiger partial charge in [-0.05, 0) is 13.0 Å². The minimum absolute atomic E-state index is 0.0301. The Bertz CT molecular complexity index is 595. The van der Waals surface area contributed by atoms with E-state index in [2.05, 4.69) is 10.1 Å². The van der Waals surface area contributed by atoms with Crippen molar-refractivity contribution in [1.29, 1.82) is 0 Å². The summed E-state index contributed by atoms with van der Waals surface area (Å²) in [4.78, 5) is 3.48. The predicted octanol–water partition coefficient (Wildman–Crippen LogP) is 2.57. The summed E-state index contributed by atoms with van der Waals surface area (Å²) in [6.45, 7) is 2.54. The lowest BCUT2D eigenvalue weighted by atomic mass is 10.2. The number of pyridine rings is 1. The molecule has 2 rings (SSSR count). The largest absolute Gasteiger partial charge is 0.435 e. The van der Waals surface area contributed by atoms with E-state index in [1.165, 1.54) is 12.3 Å². The van der Waals surface area contributed by atoms with Crippen LogP contribution in [0, 0.1) is 0 Å². The lowest BCUT2D eigenvalue weighted by molar-refractivity contribution is -0.141. The molecule has 0 aliphatic rings. The Morgan fingerprint density at radius 2 is 2.10 bits per heavy atom. The van der Waals surface area contributed by atoms with Crippen molar-refractivity contribution in [2.24, 2.45) is 5.73 Å². The second-order valence-electron chi connectivity index (χ2n) is 4.00. The Balaban J connectivity index is 2.33. The van der Waals surface area contributed by atoms with Crippen molar-refractivity contribution in [2.75, 3.05) is 0 Å². The minimum Gasteiger partial charge on any atom is -0.435 e. The van der Waals surface area contributed by atoms with Gasteiger partial charge in [0.05, 0.1) is 12.4 Å². The second kappa shape index (κ2) is 5.49. The van der Waals surface area contributed by atoms with E-state index in [4.69, 9.17) is 10.5 Å². The third-order valence-corrected chi connectivity index (χ3v) is 2.60. The quantitative estimate of drug-likeness (QED) is 0.938. The molecule has 0 radical (unpaired) electrons. The van der Waals surface area contributed by atoms with Crippen molar-refractivity contribution in [3.8, 4) is 11.6 Å². The Morgan fingerprint density at radius 3 is 2.65 bits per heavy atom. The van der Waals surface area contributed by atoms with Gasteiger partial charge in [0, 0.05) is 18.7 Å². The van der Waals surface area contributed by atoms with Crippen LogP contribution in [0.15, 0.2) is 24.5 Å². The number of aromatic nitrogens is 3. The van der Waals surface area contributed by atoms with Crippen LogP contribution < -0.4 is 10.5 Å². The lowest BCUT2D eigenvalue weighted by Gasteiger charge is -2.11. The van der Waals surface area contributed by atoms with Gasteiger partial charge in [0.15, 0.2) is 5.75 Å². The van der Waals surface area contributed by atoms with Crippen LogP contribution >= 0.6 is 0 Å². The number of halogens is 3. The smallest absolute Gasteiger partial charge is 0.433 e. The van der Waals surface area contributed by atoms with Gasteiger partial charge in [-0.2, -0.15) is 18.3 Å². The predicted molar refractivity (Wildman–Crippen MR) is 65.1 cm³/mol. The molecule has 0 amide bonds. The van der Waals surface area contributed by atoms with Crippen LogP contribution in [0.4, 0.5) is 13.2 Å². The number of nitrogens with zero attached hydrogens (tertiary/aromatic N) is 3. The fourth-order valence-electron chi connectivity index (χ4n) is 1.55. The molecule has 0 atom stereocenters. The summed E-state index contributed by atoms with van der Waals surface area (Å²) in [6, 6.07) is 2.14. The summed E-state index contributed by atoms with van der Waals surface area (Å²) < 4.78 is 44.8.